The number of nitrogens with one attached hydrogen (secondary N) is 2. The minimum Gasteiger partial charge on any atom is -0.454 e. The van der Waals surface area contributed by atoms with E-state index in [4.69, 9.17) is 21.3 Å². The quantitative estimate of drug-likeness (QED) is 0.140. The molecule has 0 atom stereocenters. The molecule has 0 bridgehead atoms. The summed E-state index contributed by atoms with van der Waals surface area (Å²) in [7, 11) is 1.50. The van der Waals surface area contributed by atoms with Crippen LogP contribution < -0.4 is 20.5 Å². The average molecular weight is 628 g/mol. The van der Waals surface area contributed by atoms with Crippen LogP contribution in [0.25, 0.3) is 22.4 Å². The highest BCUT2D eigenvalue weighted by molar-refractivity contribution is 8.00. The topological polar surface area (TPSA) is 85.1 Å². The van der Waals surface area contributed by atoms with Gasteiger partial charge in [-0.1, -0.05) is 79.4 Å². The van der Waals surface area contributed by atoms with Gasteiger partial charge in [0.1, 0.15) is 5.75 Å². The summed E-state index contributed by atoms with van der Waals surface area (Å²) in [5, 5.41) is 4.13. The van der Waals surface area contributed by atoms with Gasteiger partial charge in [0.15, 0.2) is 11.6 Å². The van der Waals surface area contributed by atoms with E-state index in [9.17, 15) is 0 Å². The Morgan fingerprint density at radius 1 is 0.841 bits per heavy atom. The molecule has 4 N–H and O–H groups in total. The first-order valence-electron chi connectivity index (χ1n) is 14.6. The van der Waals surface area contributed by atoms with E-state index >= 15 is 4.39 Å². The number of anilines is 2. The number of ether oxygens (including phenoxy) is 1. The summed E-state index contributed by atoms with van der Waals surface area (Å²) in [5.74, 6) is 0.723. The highest BCUT2D eigenvalue weighted by Crippen LogP contribution is 2.38. The summed E-state index contributed by atoms with van der Waals surface area (Å²) in [6, 6.07) is 30.5. The van der Waals surface area contributed by atoms with Gasteiger partial charge in [-0.3, -0.25) is 0 Å². The largest absolute Gasteiger partial charge is 0.454 e. The van der Waals surface area contributed by atoms with Crippen molar-refractivity contribution in [3.8, 4) is 33.9 Å². The molecule has 1 aliphatic carbocycles. The van der Waals surface area contributed by atoms with E-state index in [2.05, 4.69) is 20.8 Å². The fraction of sp³-hybridized carbons (Fsp3) is 0.200. The molecule has 1 aromatic heterocycles. The predicted octanol–water partition coefficient (Wildman–Crippen LogP) is 9.83. The number of hydrogen-bond acceptors (Lipinski definition) is 7. The lowest BCUT2D eigenvalue weighted by Crippen LogP contribution is -2.23. The number of aromatic nitrogens is 2. The zero-order chi connectivity index (χ0) is 30.7. The number of hydrogen-bond donors (Lipinski definition) is 3. The molecular formula is C35H35ClFN5OS. The molecule has 0 spiro atoms. The van der Waals surface area contributed by atoms with Crippen molar-refractivity contribution in [1.29, 1.82) is 0 Å². The molecule has 6 rings (SSSR count). The molecular weight excluding hydrogens is 593 g/mol. The summed E-state index contributed by atoms with van der Waals surface area (Å²) < 4.78 is 24.8. The SMILES string of the molecule is CN.Fc1cc(NSc2ccccc2Cl)ccc1Oc1cc(-c2ccccc2)ccc1-c1ccnc(NC2CCCCC2)n1. The lowest BCUT2D eigenvalue weighted by Gasteiger charge is -2.22. The van der Waals surface area contributed by atoms with Gasteiger partial charge in [-0.25, -0.2) is 14.4 Å². The number of nitrogens with two attached hydrogens (primary N) is 1. The maximum atomic E-state index is 15.4. The smallest absolute Gasteiger partial charge is 0.223 e. The van der Waals surface area contributed by atoms with Gasteiger partial charge in [-0.2, -0.15) is 0 Å². The van der Waals surface area contributed by atoms with Crippen LogP contribution in [0, 0.1) is 5.82 Å². The Morgan fingerprint density at radius 3 is 2.39 bits per heavy atom. The monoisotopic (exact) mass is 627 g/mol. The van der Waals surface area contributed by atoms with Crippen molar-refractivity contribution in [3.05, 3.63) is 114 Å². The molecule has 226 valence electrons. The first-order chi connectivity index (χ1) is 21.6. The van der Waals surface area contributed by atoms with Crippen molar-refractivity contribution in [1.82, 2.24) is 9.97 Å². The minimum atomic E-state index is -0.488. The summed E-state index contributed by atoms with van der Waals surface area (Å²) in [6.07, 6.45) is 7.70. The fourth-order valence-electron chi connectivity index (χ4n) is 5.04. The first-order valence-corrected chi connectivity index (χ1v) is 15.8. The molecule has 4 aromatic carbocycles. The molecule has 6 nitrogen and oxygen atoms in total. The van der Waals surface area contributed by atoms with E-state index in [1.807, 2.05) is 78.9 Å². The van der Waals surface area contributed by atoms with E-state index in [1.54, 1.807) is 18.3 Å². The van der Waals surface area contributed by atoms with E-state index in [0.29, 0.717) is 34.1 Å². The average Bonchev–Trinajstić information content (AvgIpc) is 3.07. The standard InChI is InChI=1S/C34H30ClFN4OS.CH5N/c35-28-13-7-8-14-33(28)42-40-26-16-18-31(29(36)22-26)41-32-21-24(23-9-3-1-4-10-23)15-17-27(32)30-19-20-37-34(39-30)38-25-11-5-2-6-12-25;1-2/h1,3-4,7-10,13-22,25,40H,2,5-6,11-12H2,(H,37,38,39);2H2,1H3. The van der Waals surface area contributed by atoms with E-state index in [-0.39, 0.29) is 5.75 Å². The summed E-state index contributed by atoms with van der Waals surface area (Å²) in [4.78, 5) is 10.1. The summed E-state index contributed by atoms with van der Waals surface area (Å²) in [5.41, 5.74) is 8.54. The molecule has 0 aliphatic heterocycles. The Morgan fingerprint density at radius 2 is 1.61 bits per heavy atom. The lowest BCUT2D eigenvalue weighted by molar-refractivity contribution is 0.444. The van der Waals surface area contributed by atoms with Crippen LogP contribution in [0.15, 0.2) is 108 Å². The van der Waals surface area contributed by atoms with E-state index in [0.717, 1.165) is 34.4 Å². The van der Waals surface area contributed by atoms with Crippen LogP contribution in [0.3, 0.4) is 0 Å². The van der Waals surface area contributed by atoms with Crippen molar-refractivity contribution >= 4 is 35.2 Å². The van der Waals surface area contributed by atoms with Gasteiger partial charge >= 0.3 is 0 Å². The van der Waals surface area contributed by atoms with E-state index in [1.165, 1.54) is 44.3 Å². The first kappa shape index (κ1) is 31.3. The Labute approximate surface area is 267 Å². The fourth-order valence-corrected chi connectivity index (χ4v) is 5.96. The maximum absolute atomic E-state index is 15.4. The minimum absolute atomic E-state index is 0.115. The van der Waals surface area contributed by atoms with Gasteiger partial charge in [-0.15, -0.1) is 0 Å². The third-order valence-corrected chi connectivity index (χ3v) is 8.58. The summed E-state index contributed by atoms with van der Waals surface area (Å²) >= 11 is 7.57. The van der Waals surface area contributed by atoms with Crippen molar-refractivity contribution in [2.45, 2.75) is 43.0 Å². The van der Waals surface area contributed by atoms with Crippen molar-refractivity contribution < 1.29 is 9.13 Å². The molecule has 1 saturated carbocycles. The van der Waals surface area contributed by atoms with Crippen LogP contribution in [0.5, 0.6) is 11.5 Å². The van der Waals surface area contributed by atoms with Gasteiger partial charge in [-0.05, 0) is 85.4 Å². The molecule has 44 heavy (non-hydrogen) atoms. The zero-order valence-corrected chi connectivity index (χ0v) is 26.0. The van der Waals surface area contributed by atoms with E-state index < -0.39 is 5.82 Å². The molecule has 0 amide bonds. The van der Waals surface area contributed by atoms with Crippen molar-refractivity contribution in [3.63, 3.8) is 0 Å². The van der Waals surface area contributed by atoms with Gasteiger partial charge < -0.3 is 20.5 Å². The maximum Gasteiger partial charge on any atom is 0.223 e. The van der Waals surface area contributed by atoms with Gasteiger partial charge in [0.25, 0.3) is 0 Å². The summed E-state index contributed by atoms with van der Waals surface area (Å²) in [6.45, 7) is 0. The van der Waals surface area contributed by atoms with Gasteiger partial charge in [0, 0.05) is 34.5 Å². The van der Waals surface area contributed by atoms with Crippen molar-refractivity contribution in [2.75, 3.05) is 17.1 Å². The molecule has 5 aromatic rings. The molecule has 0 radical (unpaired) electrons. The number of benzene rings is 4. The van der Waals surface area contributed by atoms with Crippen LogP contribution in [0.1, 0.15) is 32.1 Å². The molecule has 1 heterocycles. The van der Waals surface area contributed by atoms with Crippen LogP contribution in [-0.4, -0.2) is 23.1 Å². The molecule has 1 fully saturated rings. The molecule has 1 aliphatic rings. The third-order valence-electron chi connectivity index (χ3n) is 7.23. The second-order valence-corrected chi connectivity index (χ2v) is 11.5. The molecule has 0 saturated heterocycles. The highest BCUT2D eigenvalue weighted by Gasteiger charge is 2.17. The van der Waals surface area contributed by atoms with Crippen LogP contribution in [0.2, 0.25) is 5.02 Å². The molecule has 0 unspecified atom stereocenters. The van der Waals surface area contributed by atoms with Gasteiger partial charge in [0.05, 0.1) is 10.7 Å². The number of nitrogens with zero attached hydrogens (tertiary/aromatic N) is 2. The Bertz CT molecular complexity index is 1670. The number of rotatable bonds is 9. The van der Waals surface area contributed by atoms with Gasteiger partial charge in [0.2, 0.25) is 5.95 Å². The second kappa shape index (κ2) is 15.6. The normalized spacial score (nSPS) is 13.0. The highest BCUT2D eigenvalue weighted by atomic mass is 35.5. The van der Waals surface area contributed by atoms with Crippen LogP contribution in [0.4, 0.5) is 16.0 Å². The number of halogens is 2. The lowest BCUT2D eigenvalue weighted by atomic mass is 9.96. The Hall–Kier alpha value is -4.11. The second-order valence-electron chi connectivity index (χ2n) is 10.2. The molecule has 9 heteroatoms. The third kappa shape index (κ3) is 8.08. The Kier molecular flexibility index (Phi) is 11.1. The predicted molar refractivity (Wildman–Crippen MR) is 181 cm³/mol. The van der Waals surface area contributed by atoms with Crippen molar-refractivity contribution in [2.24, 2.45) is 5.73 Å². The Balaban J connectivity index is 0.00000188. The van der Waals surface area contributed by atoms with Crippen LogP contribution in [-0.2, 0) is 0 Å². The van der Waals surface area contributed by atoms with Crippen LogP contribution >= 0.6 is 23.5 Å². The zero-order valence-electron chi connectivity index (χ0n) is 24.5.